The van der Waals surface area contributed by atoms with Gasteiger partial charge >= 0.3 is 0 Å². The third-order valence-electron chi connectivity index (χ3n) is 3.71. The molecule has 1 N–H and O–H groups in total. The van der Waals surface area contributed by atoms with Crippen molar-refractivity contribution in [2.75, 3.05) is 27.3 Å². The molecule has 0 aromatic rings. The molecule has 0 radical (unpaired) electrons. The molecular formula is C13H27NO. The van der Waals surface area contributed by atoms with E-state index in [1.54, 1.807) is 7.11 Å². The van der Waals surface area contributed by atoms with E-state index in [1.807, 2.05) is 0 Å². The number of nitrogens with one attached hydrogen (secondary N) is 1. The van der Waals surface area contributed by atoms with Gasteiger partial charge in [0.15, 0.2) is 0 Å². The summed E-state index contributed by atoms with van der Waals surface area (Å²) in [5.41, 5.74) is 0. The monoisotopic (exact) mass is 213 g/mol. The van der Waals surface area contributed by atoms with Gasteiger partial charge in [0.05, 0.1) is 0 Å². The molecule has 0 saturated heterocycles. The molecule has 1 saturated carbocycles. The first kappa shape index (κ1) is 13.0. The molecule has 1 aliphatic rings. The van der Waals surface area contributed by atoms with E-state index in [0.717, 1.165) is 18.4 Å². The predicted octanol–water partition coefficient (Wildman–Crippen LogP) is 2.83. The largest absolute Gasteiger partial charge is 0.385 e. The van der Waals surface area contributed by atoms with E-state index in [4.69, 9.17) is 4.74 Å². The molecule has 0 bridgehead atoms. The highest BCUT2D eigenvalue weighted by atomic mass is 16.5. The van der Waals surface area contributed by atoms with Gasteiger partial charge in [0.1, 0.15) is 0 Å². The van der Waals surface area contributed by atoms with Crippen LogP contribution in [0.1, 0.15) is 44.9 Å². The summed E-state index contributed by atoms with van der Waals surface area (Å²) in [6, 6.07) is 0. The Morgan fingerprint density at radius 1 is 1.27 bits per heavy atom. The van der Waals surface area contributed by atoms with Gasteiger partial charge in [0.25, 0.3) is 0 Å². The van der Waals surface area contributed by atoms with Gasteiger partial charge in [0, 0.05) is 13.7 Å². The Morgan fingerprint density at radius 3 is 2.60 bits per heavy atom. The first-order valence-corrected chi connectivity index (χ1v) is 6.52. The number of unbranched alkanes of at least 4 members (excludes halogenated alkanes) is 1. The molecule has 0 amide bonds. The quantitative estimate of drug-likeness (QED) is 0.626. The molecule has 0 spiro atoms. The Morgan fingerprint density at radius 2 is 2.00 bits per heavy atom. The fraction of sp³-hybridized carbons (Fsp3) is 1.00. The smallest absolute Gasteiger partial charge is 0.0462 e. The maximum absolute atomic E-state index is 5.09. The van der Waals surface area contributed by atoms with Crippen molar-refractivity contribution < 1.29 is 4.74 Å². The molecule has 2 heteroatoms. The summed E-state index contributed by atoms with van der Waals surface area (Å²) in [7, 11) is 3.87. The van der Waals surface area contributed by atoms with Crippen molar-refractivity contribution in [2.24, 2.45) is 11.8 Å². The zero-order valence-corrected chi connectivity index (χ0v) is 10.4. The van der Waals surface area contributed by atoms with E-state index < -0.39 is 0 Å². The third-order valence-corrected chi connectivity index (χ3v) is 3.71. The lowest BCUT2D eigenvalue weighted by atomic mass is 9.86. The van der Waals surface area contributed by atoms with Gasteiger partial charge in [-0.1, -0.05) is 32.1 Å². The van der Waals surface area contributed by atoms with Crippen LogP contribution in [-0.2, 0) is 4.74 Å². The summed E-state index contributed by atoms with van der Waals surface area (Å²) in [6.07, 6.45) is 9.80. The molecule has 2 nitrogen and oxygen atoms in total. The van der Waals surface area contributed by atoms with Gasteiger partial charge in [-0.2, -0.15) is 0 Å². The molecule has 1 fully saturated rings. The van der Waals surface area contributed by atoms with E-state index in [1.165, 1.54) is 51.5 Å². The van der Waals surface area contributed by atoms with Gasteiger partial charge < -0.3 is 10.1 Å². The summed E-state index contributed by atoms with van der Waals surface area (Å²) in [5.74, 6) is 1.91. The van der Waals surface area contributed by atoms with Crippen molar-refractivity contribution in [3.8, 4) is 0 Å². The topological polar surface area (TPSA) is 21.3 Å². The Balaban J connectivity index is 2.17. The van der Waals surface area contributed by atoms with Crippen LogP contribution in [0.25, 0.3) is 0 Å². The predicted molar refractivity (Wildman–Crippen MR) is 65.1 cm³/mol. The SMILES string of the molecule is CNCC(CCCCOC)C1CCCC1. The molecule has 1 rings (SSSR count). The maximum atomic E-state index is 5.09. The van der Waals surface area contributed by atoms with Crippen LogP contribution in [0.15, 0.2) is 0 Å². The fourth-order valence-corrected chi connectivity index (χ4v) is 2.85. The fourth-order valence-electron chi connectivity index (χ4n) is 2.85. The number of ether oxygens (including phenoxy) is 1. The molecular weight excluding hydrogens is 186 g/mol. The second-order valence-electron chi connectivity index (χ2n) is 4.85. The summed E-state index contributed by atoms with van der Waals surface area (Å²) in [4.78, 5) is 0. The summed E-state index contributed by atoms with van der Waals surface area (Å²) in [5, 5.41) is 3.35. The minimum atomic E-state index is 0.911. The zero-order chi connectivity index (χ0) is 10.9. The van der Waals surface area contributed by atoms with Crippen LogP contribution in [0.5, 0.6) is 0 Å². The van der Waals surface area contributed by atoms with Crippen LogP contribution in [-0.4, -0.2) is 27.3 Å². The summed E-state index contributed by atoms with van der Waals surface area (Å²) >= 11 is 0. The molecule has 0 aromatic carbocycles. The van der Waals surface area contributed by atoms with Crippen LogP contribution >= 0.6 is 0 Å². The first-order valence-electron chi connectivity index (χ1n) is 6.52. The average Bonchev–Trinajstić information content (AvgIpc) is 2.76. The van der Waals surface area contributed by atoms with E-state index in [-0.39, 0.29) is 0 Å². The van der Waals surface area contributed by atoms with Crippen molar-refractivity contribution in [2.45, 2.75) is 44.9 Å². The summed E-state index contributed by atoms with van der Waals surface area (Å²) in [6.45, 7) is 2.13. The lowest BCUT2D eigenvalue weighted by Crippen LogP contribution is -2.24. The lowest BCUT2D eigenvalue weighted by Gasteiger charge is -2.23. The van der Waals surface area contributed by atoms with Crippen LogP contribution in [0.2, 0.25) is 0 Å². The molecule has 0 aliphatic heterocycles. The van der Waals surface area contributed by atoms with Crippen molar-refractivity contribution in [3.05, 3.63) is 0 Å². The van der Waals surface area contributed by atoms with E-state index in [0.29, 0.717) is 0 Å². The van der Waals surface area contributed by atoms with E-state index >= 15 is 0 Å². The number of methoxy groups -OCH3 is 1. The number of hydrogen-bond acceptors (Lipinski definition) is 2. The zero-order valence-electron chi connectivity index (χ0n) is 10.4. The van der Waals surface area contributed by atoms with Crippen molar-refractivity contribution in [1.82, 2.24) is 5.32 Å². The van der Waals surface area contributed by atoms with Gasteiger partial charge in [-0.15, -0.1) is 0 Å². The molecule has 1 aliphatic carbocycles. The minimum Gasteiger partial charge on any atom is -0.385 e. The second kappa shape index (κ2) is 8.12. The normalized spacial score (nSPS) is 19.6. The van der Waals surface area contributed by atoms with Crippen LogP contribution < -0.4 is 5.32 Å². The van der Waals surface area contributed by atoms with Crippen LogP contribution in [0.4, 0.5) is 0 Å². The number of rotatable bonds is 8. The molecule has 1 unspecified atom stereocenters. The van der Waals surface area contributed by atoms with Crippen molar-refractivity contribution in [3.63, 3.8) is 0 Å². The van der Waals surface area contributed by atoms with Crippen LogP contribution in [0, 0.1) is 11.8 Å². The highest BCUT2D eigenvalue weighted by Gasteiger charge is 2.23. The minimum absolute atomic E-state index is 0.911. The Labute approximate surface area is 94.8 Å². The molecule has 0 aromatic heterocycles. The van der Waals surface area contributed by atoms with Crippen molar-refractivity contribution in [1.29, 1.82) is 0 Å². The van der Waals surface area contributed by atoms with Gasteiger partial charge in [-0.05, 0) is 38.3 Å². The average molecular weight is 213 g/mol. The molecule has 15 heavy (non-hydrogen) atoms. The van der Waals surface area contributed by atoms with Gasteiger partial charge in [-0.3, -0.25) is 0 Å². The Kier molecular flexibility index (Phi) is 7.03. The summed E-state index contributed by atoms with van der Waals surface area (Å²) < 4.78 is 5.09. The second-order valence-corrected chi connectivity index (χ2v) is 4.85. The highest BCUT2D eigenvalue weighted by molar-refractivity contribution is 4.76. The Bertz CT molecular complexity index is 143. The van der Waals surface area contributed by atoms with Crippen molar-refractivity contribution >= 4 is 0 Å². The van der Waals surface area contributed by atoms with Gasteiger partial charge in [0.2, 0.25) is 0 Å². The molecule has 0 heterocycles. The van der Waals surface area contributed by atoms with Gasteiger partial charge in [-0.25, -0.2) is 0 Å². The van der Waals surface area contributed by atoms with E-state index in [9.17, 15) is 0 Å². The number of hydrogen-bond donors (Lipinski definition) is 1. The standard InChI is InChI=1S/C13H27NO/c1-14-11-13(9-5-6-10-15-2)12-7-3-4-8-12/h12-14H,3-11H2,1-2H3. The molecule has 90 valence electrons. The lowest BCUT2D eigenvalue weighted by molar-refractivity contribution is 0.187. The Hall–Kier alpha value is -0.0800. The first-order chi connectivity index (χ1) is 7.38. The van der Waals surface area contributed by atoms with Crippen LogP contribution in [0.3, 0.4) is 0 Å². The highest BCUT2D eigenvalue weighted by Crippen LogP contribution is 2.33. The maximum Gasteiger partial charge on any atom is 0.0462 e. The third kappa shape index (κ3) is 4.98. The molecule has 1 atom stereocenters. The van der Waals surface area contributed by atoms with E-state index in [2.05, 4.69) is 12.4 Å².